The Balaban J connectivity index is 2.98. The minimum atomic E-state index is -4.08. The predicted octanol–water partition coefficient (Wildman–Crippen LogP) is 0.210. The molecule has 8 nitrogen and oxygen atoms in total. The Bertz CT molecular complexity index is 662. The summed E-state index contributed by atoms with van der Waals surface area (Å²) in [5.74, 6) is -0.883. The van der Waals surface area contributed by atoms with Crippen molar-refractivity contribution in [1.82, 2.24) is 10.6 Å². The Morgan fingerprint density at radius 2 is 2.00 bits per heavy atom. The average Bonchev–Trinajstić information content (AvgIpc) is 2.39. The molecule has 0 bridgehead atoms. The lowest BCUT2D eigenvalue weighted by Crippen LogP contribution is -2.44. The van der Waals surface area contributed by atoms with Gasteiger partial charge in [-0.25, -0.2) is 18.4 Å². The summed E-state index contributed by atoms with van der Waals surface area (Å²) < 4.78 is 28.1. The second kappa shape index (κ2) is 6.74. The lowest BCUT2D eigenvalue weighted by Gasteiger charge is -2.16. The fraction of sp³-hybridized carbons (Fsp3) is 0.273. The standard InChI is InChI=1S/C11H14ClN3O5S/c1-6(10(16)15-11(17)14-2)20-8-4-3-7(12)5-9(8)21(13,18)19/h3-6H,1-2H3,(H2,13,18,19)(H2,14,15,16,17). The molecule has 116 valence electrons. The number of carbonyl (C=O) groups excluding carboxylic acids is 2. The molecule has 0 aliphatic rings. The average molecular weight is 336 g/mol. The van der Waals surface area contributed by atoms with Gasteiger partial charge in [0.05, 0.1) is 0 Å². The highest BCUT2D eigenvalue weighted by molar-refractivity contribution is 7.89. The van der Waals surface area contributed by atoms with Crippen molar-refractivity contribution < 1.29 is 22.7 Å². The summed E-state index contributed by atoms with van der Waals surface area (Å²) in [6.07, 6.45) is -1.12. The quantitative estimate of drug-likeness (QED) is 0.724. The second-order valence-corrected chi connectivity index (χ2v) is 5.93. The summed E-state index contributed by atoms with van der Waals surface area (Å²) in [6.45, 7) is 1.35. The van der Waals surface area contributed by atoms with E-state index in [1.165, 1.54) is 26.1 Å². The summed E-state index contributed by atoms with van der Waals surface area (Å²) in [5, 5.41) is 9.39. The maximum Gasteiger partial charge on any atom is 0.321 e. The number of nitrogens with one attached hydrogen (secondary N) is 2. The van der Waals surface area contributed by atoms with Gasteiger partial charge in [0.15, 0.2) is 6.10 Å². The molecule has 3 amide bonds. The molecule has 0 aliphatic carbocycles. The molecule has 4 N–H and O–H groups in total. The number of hydrogen-bond donors (Lipinski definition) is 3. The Labute approximate surface area is 126 Å². The number of urea groups is 1. The highest BCUT2D eigenvalue weighted by Gasteiger charge is 2.22. The zero-order valence-electron chi connectivity index (χ0n) is 11.2. The number of rotatable bonds is 4. The predicted molar refractivity (Wildman–Crippen MR) is 75.5 cm³/mol. The van der Waals surface area contributed by atoms with E-state index in [2.05, 4.69) is 5.32 Å². The number of carbonyl (C=O) groups is 2. The fourth-order valence-corrected chi connectivity index (χ4v) is 2.25. The molecule has 0 radical (unpaired) electrons. The van der Waals surface area contributed by atoms with E-state index in [1.54, 1.807) is 0 Å². The van der Waals surface area contributed by atoms with E-state index >= 15 is 0 Å². The minimum absolute atomic E-state index is 0.138. The van der Waals surface area contributed by atoms with Gasteiger partial charge in [-0.15, -0.1) is 0 Å². The monoisotopic (exact) mass is 335 g/mol. The van der Waals surface area contributed by atoms with Crippen LogP contribution in [0.3, 0.4) is 0 Å². The summed E-state index contributed by atoms with van der Waals surface area (Å²) >= 11 is 5.70. The number of benzene rings is 1. The topological polar surface area (TPSA) is 128 Å². The number of sulfonamides is 1. The Morgan fingerprint density at radius 3 is 2.52 bits per heavy atom. The molecule has 1 rings (SSSR count). The summed E-state index contributed by atoms with van der Waals surface area (Å²) in [6, 6.07) is 3.05. The van der Waals surface area contributed by atoms with Crippen LogP contribution >= 0.6 is 11.6 Å². The van der Waals surface area contributed by atoms with Crippen LogP contribution in [0.4, 0.5) is 4.79 Å². The van der Waals surface area contributed by atoms with Crippen LogP contribution in [0, 0.1) is 0 Å². The van der Waals surface area contributed by atoms with E-state index in [9.17, 15) is 18.0 Å². The van der Waals surface area contributed by atoms with Crippen molar-refractivity contribution in [3.8, 4) is 5.75 Å². The van der Waals surface area contributed by atoms with Crippen molar-refractivity contribution in [2.24, 2.45) is 5.14 Å². The maximum atomic E-state index is 11.6. The van der Waals surface area contributed by atoms with E-state index in [-0.39, 0.29) is 15.7 Å². The van der Waals surface area contributed by atoms with Crippen molar-refractivity contribution in [2.75, 3.05) is 7.05 Å². The van der Waals surface area contributed by atoms with E-state index in [0.29, 0.717) is 0 Å². The molecule has 1 atom stereocenters. The molecule has 21 heavy (non-hydrogen) atoms. The molecule has 0 aromatic heterocycles. The highest BCUT2D eigenvalue weighted by Crippen LogP contribution is 2.27. The third-order valence-electron chi connectivity index (χ3n) is 2.35. The van der Waals surface area contributed by atoms with Gasteiger partial charge in [0.25, 0.3) is 5.91 Å². The Hall–Kier alpha value is -1.84. The van der Waals surface area contributed by atoms with Crippen LogP contribution in [0.25, 0.3) is 0 Å². The van der Waals surface area contributed by atoms with Crippen molar-refractivity contribution in [3.63, 3.8) is 0 Å². The van der Waals surface area contributed by atoms with Crippen LogP contribution in [0.1, 0.15) is 6.92 Å². The molecule has 1 aromatic rings. The van der Waals surface area contributed by atoms with E-state index in [0.717, 1.165) is 6.07 Å². The molecular formula is C11H14ClN3O5S. The van der Waals surface area contributed by atoms with Gasteiger partial charge in [0.1, 0.15) is 10.6 Å². The fourth-order valence-electron chi connectivity index (χ4n) is 1.32. The van der Waals surface area contributed by atoms with Crippen molar-refractivity contribution in [2.45, 2.75) is 17.9 Å². The third-order valence-corrected chi connectivity index (χ3v) is 3.52. The molecule has 0 spiro atoms. The number of imide groups is 1. The van der Waals surface area contributed by atoms with Crippen molar-refractivity contribution >= 4 is 33.6 Å². The van der Waals surface area contributed by atoms with E-state index in [1.807, 2.05) is 5.32 Å². The van der Waals surface area contributed by atoms with Gasteiger partial charge in [-0.1, -0.05) is 11.6 Å². The molecule has 1 aromatic carbocycles. The summed E-state index contributed by atoms with van der Waals surface area (Å²) in [5.41, 5.74) is 0. The first kappa shape index (κ1) is 17.2. The Morgan fingerprint density at radius 1 is 1.38 bits per heavy atom. The number of halogens is 1. The maximum absolute atomic E-state index is 11.6. The molecule has 0 saturated heterocycles. The molecule has 1 unspecified atom stereocenters. The molecule has 0 aliphatic heterocycles. The minimum Gasteiger partial charge on any atom is -0.479 e. The largest absolute Gasteiger partial charge is 0.479 e. The zero-order valence-corrected chi connectivity index (χ0v) is 12.8. The first-order valence-corrected chi connectivity index (χ1v) is 7.59. The number of ether oxygens (including phenoxy) is 1. The van der Waals surface area contributed by atoms with Gasteiger partial charge in [0, 0.05) is 12.1 Å². The SMILES string of the molecule is CNC(=O)NC(=O)C(C)Oc1ccc(Cl)cc1S(N)(=O)=O. The van der Waals surface area contributed by atoms with Crippen molar-refractivity contribution in [1.29, 1.82) is 0 Å². The molecular weight excluding hydrogens is 322 g/mol. The van der Waals surface area contributed by atoms with Gasteiger partial charge in [0.2, 0.25) is 10.0 Å². The smallest absolute Gasteiger partial charge is 0.321 e. The lowest BCUT2D eigenvalue weighted by molar-refractivity contribution is -0.126. The molecule has 10 heteroatoms. The number of primary sulfonamides is 1. The number of nitrogens with two attached hydrogens (primary N) is 1. The molecule has 0 heterocycles. The zero-order chi connectivity index (χ0) is 16.2. The van der Waals surface area contributed by atoms with Crippen LogP contribution in [0.2, 0.25) is 5.02 Å². The van der Waals surface area contributed by atoms with Crippen LogP contribution in [0.5, 0.6) is 5.75 Å². The first-order valence-electron chi connectivity index (χ1n) is 5.66. The highest BCUT2D eigenvalue weighted by atomic mass is 35.5. The van der Waals surface area contributed by atoms with Gasteiger partial charge in [-0.05, 0) is 25.1 Å². The van der Waals surface area contributed by atoms with Crippen LogP contribution in [-0.4, -0.2) is 33.5 Å². The second-order valence-electron chi connectivity index (χ2n) is 3.96. The van der Waals surface area contributed by atoms with Crippen LogP contribution < -0.4 is 20.5 Å². The number of hydrogen-bond acceptors (Lipinski definition) is 5. The van der Waals surface area contributed by atoms with Crippen LogP contribution in [0.15, 0.2) is 23.1 Å². The number of amides is 3. The first-order chi connectivity index (χ1) is 9.65. The van der Waals surface area contributed by atoms with E-state index in [4.69, 9.17) is 21.5 Å². The third kappa shape index (κ3) is 4.88. The van der Waals surface area contributed by atoms with Gasteiger partial charge >= 0.3 is 6.03 Å². The molecule has 0 saturated carbocycles. The van der Waals surface area contributed by atoms with Gasteiger partial charge < -0.3 is 10.1 Å². The molecule has 0 fully saturated rings. The van der Waals surface area contributed by atoms with Crippen molar-refractivity contribution in [3.05, 3.63) is 23.2 Å². The summed E-state index contributed by atoms with van der Waals surface area (Å²) in [4.78, 5) is 22.3. The normalized spacial score (nSPS) is 12.4. The lowest BCUT2D eigenvalue weighted by atomic mass is 10.3. The van der Waals surface area contributed by atoms with Gasteiger partial charge in [-0.3, -0.25) is 10.1 Å². The Kier molecular flexibility index (Phi) is 5.53. The summed E-state index contributed by atoms with van der Waals surface area (Å²) in [7, 11) is -2.74. The van der Waals surface area contributed by atoms with E-state index < -0.39 is 28.1 Å². The van der Waals surface area contributed by atoms with Crippen LogP contribution in [-0.2, 0) is 14.8 Å². The van der Waals surface area contributed by atoms with Gasteiger partial charge in [-0.2, -0.15) is 0 Å².